The van der Waals surface area contributed by atoms with Crippen molar-refractivity contribution in [2.24, 2.45) is 5.92 Å². The van der Waals surface area contributed by atoms with Crippen LogP contribution in [0.2, 0.25) is 0 Å². The molecule has 0 spiro atoms. The first-order valence-electron chi connectivity index (χ1n) is 12.4. The van der Waals surface area contributed by atoms with Gasteiger partial charge in [-0.15, -0.1) is 0 Å². The second kappa shape index (κ2) is 9.62. The Morgan fingerprint density at radius 2 is 1.71 bits per heavy atom. The monoisotopic (exact) mass is 496 g/mol. The number of benzene rings is 2. The third kappa shape index (κ3) is 5.06. The van der Waals surface area contributed by atoms with Crippen LogP contribution in [0.3, 0.4) is 0 Å². The van der Waals surface area contributed by atoms with Gasteiger partial charge in [-0.25, -0.2) is 13.1 Å². The fourth-order valence-electron chi connectivity index (χ4n) is 5.02. The molecule has 5 rings (SSSR count). The lowest BCUT2D eigenvalue weighted by Crippen LogP contribution is -2.49. The lowest BCUT2D eigenvalue weighted by Gasteiger charge is -2.36. The molecule has 2 amide bonds. The Kier molecular flexibility index (Phi) is 6.55. The smallest absolute Gasteiger partial charge is 0.240 e. The molecule has 35 heavy (non-hydrogen) atoms. The van der Waals surface area contributed by atoms with Crippen molar-refractivity contribution in [3.05, 3.63) is 54.1 Å². The van der Waals surface area contributed by atoms with E-state index in [0.29, 0.717) is 19.5 Å². The van der Waals surface area contributed by atoms with Crippen LogP contribution in [0, 0.1) is 5.92 Å². The summed E-state index contributed by atoms with van der Waals surface area (Å²) in [6.07, 6.45) is 2.64. The maximum atomic E-state index is 12.9. The summed E-state index contributed by atoms with van der Waals surface area (Å²) in [4.78, 5) is 31.3. The molecule has 2 aliphatic heterocycles. The lowest BCUT2D eigenvalue weighted by molar-refractivity contribution is -0.131. The first-order chi connectivity index (χ1) is 16.8. The normalized spacial score (nSPS) is 20.1. The zero-order valence-electron chi connectivity index (χ0n) is 20.0. The van der Waals surface area contributed by atoms with Crippen LogP contribution in [0.15, 0.2) is 53.4 Å². The van der Waals surface area contributed by atoms with Crippen molar-refractivity contribution in [1.82, 2.24) is 9.62 Å². The summed E-state index contributed by atoms with van der Waals surface area (Å²) in [6, 6.07) is 15.1. The molecule has 1 N–H and O–H groups in total. The van der Waals surface area contributed by atoms with Crippen LogP contribution in [-0.2, 0) is 26.0 Å². The minimum atomic E-state index is -3.74. The van der Waals surface area contributed by atoms with E-state index < -0.39 is 10.0 Å². The first kappa shape index (κ1) is 23.8. The van der Waals surface area contributed by atoms with Crippen LogP contribution < -0.4 is 14.5 Å². The van der Waals surface area contributed by atoms with E-state index in [9.17, 15) is 18.0 Å². The summed E-state index contributed by atoms with van der Waals surface area (Å²) >= 11 is 0. The molecular formula is C26H32N4O4S. The van der Waals surface area contributed by atoms with Gasteiger partial charge < -0.3 is 14.7 Å². The molecule has 1 atom stereocenters. The van der Waals surface area contributed by atoms with Crippen LogP contribution in [-0.4, -0.2) is 63.9 Å². The maximum absolute atomic E-state index is 12.9. The SMILES string of the molecule is C[C@H]1Cc2cc(S(=O)(=O)NCCC(=O)N3CCN(c4ccccc4)CC3)ccc2N1C(=O)C1CC1. The van der Waals surface area contributed by atoms with E-state index in [-0.39, 0.29) is 41.6 Å². The number of rotatable bonds is 7. The van der Waals surface area contributed by atoms with E-state index in [0.717, 1.165) is 42.9 Å². The highest BCUT2D eigenvalue weighted by Gasteiger charge is 2.39. The van der Waals surface area contributed by atoms with Gasteiger partial charge in [-0.2, -0.15) is 0 Å². The molecule has 1 aliphatic carbocycles. The Morgan fingerprint density at radius 1 is 1.00 bits per heavy atom. The average Bonchev–Trinajstić information content (AvgIpc) is 3.66. The van der Waals surface area contributed by atoms with Gasteiger partial charge in [-0.3, -0.25) is 9.59 Å². The first-order valence-corrected chi connectivity index (χ1v) is 13.9. The average molecular weight is 497 g/mol. The van der Waals surface area contributed by atoms with Crippen LogP contribution in [0.25, 0.3) is 0 Å². The van der Waals surface area contributed by atoms with Gasteiger partial charge in [0.25, 0.3) is 0 Å². The molecule has 0 aromatic heterocycles. The van der Waals surface area contributed by atoms with Crippen molar-refractivity contribution in [1.29, 1.82) is 0 Å². The van der Waals surface area contributed by atoms with E-state index in [1.54, 1.807) is 23.1 Å². The lowest BCUT2D eigenvalue weighted by atomic mass is 10.1. The second-order valence-corrected chi connectivity index (χ2v) is 11.4. The Labute approximate surface area is 206 Å². The number of carbonyl (C=O) groups excluding carboxylic acids is 2. The van der Waals surface area contributed by atoms with Gasteiger partial charge in [-0.05, 0) is 62.1 Å². The fraction of sp³-hybridized carbons (Fsp3) is 0.462. The summed E-state index contributed by atoms with van der Waals surface area (Å²) in [7, 11) is -3.74. The number of hydrogen-bond donors (Lipinski definition) is 1. The van der Waals surface area contributed by atoms with Crippen LogP contribution in [0.5, 0.6) is 0 Å². The van der Waals surface area contributed by atoms with E-state index >= 15 is 0 Å². The molecule has 1 saturated carbocycles. The quantitative estimate of drug-likeness (QED) is 0.636. The highest BCUT2D eigenvalue weighted by molar-refractivity contribution is 7.89. The second-order valence-electron chi connectivity index (χ2n) is 9.68. The summed E-state index contributed by atoms with van der Waals surface area (Å²) in [6.45, 7) is 4.82. The van der Waals surface area contributed by atoms with Crippen molar-refractivity contribution in [2.75, 3.05) is 42.5 Å². The molecule has 3 aliphatic rings. The van der Waals surface area contributed by atoms with Crippen molar-refractivity contribution in [2.45, 2.75) is 43.5 Å². The van der Waals surface area contributed by atoms with Gasteiger partial charge in [0.1, 0.15) is 0 Å². The zero-order valence-corrected chi connectivity index (χ0v) is 20.8. The van der Waals surface area contributed by atoms with E-state index in [1.807, 2.05) is 30.0 Å². The molecule has 2 aromatic carbocycles. The minimum absolute atomic E-state index is 0.0315. The maximum Gasteiger partial charge on any atom is 0.240 e. The van der Waals surface area contributed by atoms with Crippen molar-refractivity contribution in [3.8, 4) is 0 Å². The van der Waals surface area contributed by atoms with Gasteiger partial charge in [0, 0.05) is 62.5 Å². The molecule has 8 nitrogen and oxygen atoms in total. The summed E-state index contributed by atoms with van der Waals surface area (Å²) in [5.74, 6) is 0.220. The number of fused-ring (bicyclic) bond motifs is 1. The van der Waals surface area contributed by atoms with Crippen LogP contribution in [0.1, 0.15) is 31.7 Å². The number of amides is 2. The zero-order chi connectivity index (χ0) is 24.6. The van der Waals surface area contributed by atoms with E-state index in [4.69, 9.17) is 0 Å². The molecule has 0 radical (unpaired) electrons. The summed E-state index contributed by atoms with van der Waals surface area (Å²) < 4.78 is 28.3. The van der Waals surface area contributed by atoms with Crippen LogP contribution >= 0.6 is 0 Å². The Morgan fingerprint density at radius 3 is 2.40 bits per heavy atom. The molecule has 2 heterocycles. The molecule has 9 heteroatoms. The van der Waals surface area contributed by atoms with E-state index in [1.165, 1.54) is 0 Å². The minimum Gasteiger partial charge on any atom is -0.368 e. The highest BCUT2D eigenvalue weighted by atomic mass is 32.2. The van der Waals surface area contributed by atoms with Crippen molar-refractivity contribution >= 4 is 33.2 Å². The molecule has 2 aromatic rings. The fourth-order valence-corrected chi connectivity index (χ4v) is 6.11. The molecule has 186 valence electrons. The summed E-state index contributed by atoms with van der Waals surface area (Å²) in [5, 5.41) is 0. The Hall–Kier alpha value is -2.91. The largest absolute Gasteiger partial charge is 0.368 e. The third-order valence-electron chi connectivity index (χ3n) is 7.13. The molecular weight excluding hydrogens is 464 g/mol. The predicted octanol–water partition coefficient (Wildman–Crippen LogP) is 2.39. The standard InChI is InChI=1S/C26H32N4O4S/c1-19-17-21-18-23(9-10-24(21)30(19)26(32)20-7-8-20)35(33,34)27-12-11-25(31)29-15-13-28(14-16-29)22-5-3-2-4-6-22/h2-6,9-10,18-20,27H,7-8,11-17H2,1H3/t19-/m0/s1. The number of sulfonamides is 1. The van der Waals surface area contributed by atoms with Gasteiger partial charge in [0.05, 0.1) is 4.90 Å². The summed E-state index contributed by atoms with van der Waals surface area (Å²) in [5.41, 5.74) is 2.84. The van der Waals surface area contributed by atoms with Crippen molar-refractivity contribution in [3.63, 3.8) is 0 Å². The third-order valence-corrected chi connectivity index (χ3v) is 8.58. The van der Waals surface area contributed by atoms with Gasteiger partial charge in [0.15, 0.2) is 0 Å². The highest BCUT2D eigenvalue weighted by Crippen LogP contribution is 2.39. The Balaban J connectivity index is 1.14. The van der Waals surface area contributed by atoms with Gasteiger partial charge in [-0.1, -0.05) is 18.2 Å². The van der Waals surface area contributed by atoms with Crippen LogP contribution in [0.4, 0.5) is 11.4 Å². The topological polar surface area (TPSA) is 90.0 Å². The number of hydrogen-bond acceptors (Lipinski definition) is 5. The Bertz CT molecular complexity index is 1210. The molecule has 0 bridgehead atoms. The molecule has 2 fully saturated rings. The molecule has 1 saturated heterocycles. The number of para-hydroxylation sites is 1. The van der Waals surface area contributed by atoms with Gasteiger partial charge in [0.2, 0.25) is 21.8 Å². The predicted molar refractivity (Wildman–Crippen MR) is 135 cm³/mol. The number of nitrogens with zero attached hydrogens (tertiary/aromatic N) is 3. The number of piperazine rings is 1. The number of nitrogens with one attached hydrogen (secondary N) is 1. The number of carbonyl (C=O) groups is 2. The number of anilines is 2. The van der Waals surface area contributed by atoms with E-state index in [2.05, 4.69) is 21.8 Å². The van der Waals surface area contributed by atoms with Crippen molar-refractivity contribution < 1.29 is 18.0 Å². The molecule has 0 unspecified atom stereocenters. The van der Waals surface area contributed by atoms with Gasteiger partial charge >= 0.3 is 0 Å².